The van der Waals surface area contributed by atoms with Crippen molar-refractivity contribution in [3.63, 3.8) is 0 Å². The van der Waals surface area contributed by atoms with Crippen molar-refractivity contribution in [3.8, 4) is 5.75 Å². The number of methoxy groups -OCH3 is 1. The third-order valence-corrected chi connectivity index (χ3v) is 6.34. The second kappa shape index (κ2) is 8.84. The Bertz CT molecular complexity index is 902. The van der Waals surface area contributed by atoms with E-state index in [1.165, 1.54) is 0 Å². The third-order valence-electron chi connectivity index (χ3n) is 6.34. The minimum absolute atomic E-state index is 0.190. The molecule has 0 radical (unpaired) electrons. The van der Waals surface area contributed by atoms with Gasteiger partial charge in [-0.2, -0.15) is 0 Å². The molecule has 2 fully saturated rings. The van der Waals surface area contributed by atoms with Crippen LogP contribution in [0.2, 0.25) is 0 Å². The van der Waals surface area contributed by atoms with Gasteiger partial charge in [0.15, 0.2) is 6.29 Å². The number of fused-ring (bicyclic) bond motifs is 5. The Morgan fingerprint density at radius 3 is 2.75 bits per heavy atom. The Labute approximate surface area is 186 Å². The lowest BCUT2D eigenvalue weighted by atomic mass is 9.95. The highest BCUT2D eigenvalue weighted by atomic mass is 16.7. The number of aliphatic hydroxyl groups is 1. The molecule has 2 bridgehead atoms. The molecule has 5 rings (SSSR count). The summed E-state index contributed by atoms with van der Waals surface area (Å²) in [7, 11) is 1.62. The highest BCUT2D eigenvalue weighted by Crippen LogP contribution is 2.38. The van der Waals surface area contributed by atoms with Crippen LogP contribution in [-0.4, -0.2) is 73.0 Å². The van der Waals surface area contributed by atoms with Gasteiger partial charge in [0.05, 0.1) is 32.5 Å². The van der Waals surface area contributed by atoms with Crippen LogP contribution in [0.1, 0.15) is 25.2 Å². The lowest BCUT2D eigenvalue weighted by Gasteiger charge is -2.44. The topological polar surface area (TPSA) is 98.7 Å². The first-order valence-corrected chi connectivity index (χ1v) is 10.8. The summed E-state index contributed by atoms with van der Waals surface area (Å²) in [5.41, 5.74) is 1.39. The maximum absolute atomic E-state index is 12.0. The largest absolute Gasteiger partial charge is 0.497 e. The van der Waals surface area contributed by atoms with Crippen LogP contribution >= 0.6 is 0 Å². The smallest absolute Gasteiger partial charge is 0.251 e. The van der Waals surface area contributed by atoms with E-state index in [-0.39, 0.29) is 24.2 Å². The van der Waals surface area contributed by atoms with Gasteiger partial charge in [-0.1, -0.05) is 24.3 Å². The number of aliphatic hydroxyl groups excluding tert-OH is 1. The van der Waals surface area contributed by atoms with Crippen LogP contribution in [0.3, 0.4) is 0 Å². The lowest BCUT2D eigenvalue weighted by Crippen LogP contribution is -2.60. The fourth-order valence-electron chi connectivity index (χ4n) is 4.69. The molecule has 32 heavy (non-hydrogen) atoms. The monoisotopic (exact) mass is 444 g/mol. The van der Waals surface area contributed by atoms with E-state index in [2.05, 4.69) is 5.32 Å². The first kappa shape index (κ1) is 21.4. The maximum Gasteiger partial charge on any atom is 0.251 e. The molecule has 2 saturated heterocycles. The molecule has 0 saturated carbocycles. The second-order valence-electron chi connectivity index (χ2n) is 8.39. The highest BCUT2D eigenvalue weighted by Gasteiger charge is 2.49. The molecule has 6 unspecified atom stereocenters. The molecule has 0 spiro atoms. The van der Waals surface area contributed by atoms with Gasteiger partial charge in [0.2, 0.25) is 6.35 Å². The molecule has 1 aromatic carbocycles. The average molecular weight is 444 g/mol. The summed E-state index contributed by atoms with van der Waals surface area (Å²) in [6, 6.07) is 7.27. The van der Waals surface area contributed by atoms with Crippen molar-refractivity contribution in [1.29, 1.82) is 0 Å². The van der Waals surface area contributed by atoms with Crippen molar-refractivity contribution >= 4 is 5.91 Å². The molecular formula is C23H28N2O7. The van der Waals surface area contributed by atoms with Crippen LogP contribution in [-0.2, 0) is 23.7 Å². The van der Waals surface area contributed by atoms with E-state index in [1.807, 2.05) is 36.4 Å². The van der Waals surface area contributed by atoms with E-state index in [0.29, 0.717) is 25.2 Å². The van der Waals surface area contributed by atoms with Crippen molar-refractivity contribution < 1.29 is 33.6 Å². The van der Waals surface area contributed by atoms with E-state index in [4.69, 9.17) is 23.7 Å². The summed E-state index contributed by atoms with van der Waals surface area (Å²) in [6.07, 6.45) is 3.10. The third kappa shape index (κ3) is 4.02. The van der Waals surface area contributed by atoms with Gasteiger partial charge < -0.3 is 39.0 Å². The zero-order valence-electron chi connectivity index (χ0n) is 18.0. The van der Waals surface area contributed by atoms with Gasteiger partial charge in [-0.15, -0.1) is 0 Å². The average Bonchev–Trinajstić information content (AvgIpc) is 2.87. The van der Waals surface area contributed by atoms with Crippen LogP contribution in [0.15, 0.2) is 48.2 Å². The predicted molar refractivity (Wildman–Crippen MR) is 112 cm³/mol. The first-order valence-electron chi connectivity index (χ1n) is 10.8. The van der Waals surface area contributed by atoms with E-state index < -0.39 is 24.8 Å². The molecule has 9 heteroatoms. The SMILES string of the molecule is COc1ccc(C2OCC3OC4/C=C\COC(C(N5C=C(C)C(=O)NC5O)C4)[C@@H]3O2)cc1. The first-order chi connectivity index (χ1) is 15.5. The molecule has 7 atom stereocenters. The predicted octanol–water partition coefficient (Wildman–Crippen LogP) is 1.20. The number of benzene rings is 1. The molecule has 1 amide bonds. The molecule has 4 heterocycles. The van der Waals surface area contributed by atoms with Crippen LogP contribution in [0.4, 0.5) is 0 Å². The van der Waals surface area contributed by atoms with E-state index >= 15 is 0 Å². The lowest BCUT2D eigenvalue weighted by molar-refractivity contribution is -0.287. The van der Waals surface area contributed by atoms with Crippen LogP contribution < -0.4 is 10.1 Å². The molecule has 4 aliphatic heterocycles. The number of nitrogens with one attached hydrogen (secondary N) is 1. The van der Waals surface area contributed by atoms with Crippen LogP contribution in [0, 0.1) is 0 Å². The van der Waals surface area contributed by atoms with Gasteiger partial charge in [-0.05, 0) is 19.1 Å². The van der Waals surface area contributed by atoms with Crippen molar-refractivity contribution in [1.82, 2.24) is 10.2 Å². The highest BCUT2D eigenvalue weighted by molar-refractivity contribution is 5.93. The van der Waals surface area contributed by atoms with E-state index in [1.54, 1.807) is 25.1 Å². The molecular weight excluding hydrogens is 416 g/mol. The molecule has 9 nitrogen and oxygen atoms in total. The summed E-state index contributed by atoms with van der Waals surface area (Å²) in [5, 5.41) is 13.2. The Hall–Kier alpha value is -2.43. The number of amides is 1. The Kier molecular flexibility index (Phi) is 5.92. The fourth-order valence-corrected chi connectivity index (χ4v) is 4.69. The number of hydrogen-bond acceptors (Lipinski definition) is 8. The molecule has 1 aromatic rings. The number of carbonyl (C=O) groups is 1. The minimum Gasteiger partial charge on any atom is -0.497 e. The Balaban J connectivity index is 1.45. The van der Waals surface area contributed by atoms with Crippen molar-refractivity contribution in [3.05, 3.63) is 53.8 Å². The quantitative estimate of drug-likeness (QED) is 0.672. The Morgan fingerprint density at radius 1 is 1.16 bits per heavy atom. The van der Waals surface area contributed by atoms with Gasteiger partial charge in [-0.3, -0.25) is 4.79 Å². The molecule has 0 aromatic heterocycles. The van der Waals surface area contributed by atoms with E-state index in [0.717, 1.165) is 11.3 Å². The van der Waals surface area contributed by atoms with Crippen molar-refractivity contribution in [2.75, 3.05) is 20.3 Å². The van der Waals surface area contributed by atoms with Gasteiger partial charge >= 0.3 is 0 Å². The zero-order chi connectivity index (χ0) is 22.2. The summed E-state index contributed by atoms with van der Waals surface area (Å²) in [6.45, 7) is 2.47. The molecule has 0 aliphatic carbocycles. The number of hydrogen-bond donors (Lipinski definition) is 2. The van der Waals surface area contributed by atoms with Crippen molar-refractivity contribution in [2.45, 2.75) is 56.4 Å². The van der Waals surface area contributed by atoms with Crippen LogP contribution in [0.5, 0.6) is 5.75 Å². The summed E-state index contributed by atoms with van der Waals surface area (Å²) >= 11 is 0. The van der Waals surface area contributed by atoms with Gasteiger partial charge in [0.1, 0.15) is 24.1 Å². The molecule has 2 N–H and O–H groups in total. The number of ether oxygens (including phenoxy) is 5. The normalized spacial score (nSPS) is 38.0. The second-order valence-corrected chi connectivity index (χ2v) is 8.39. The summed E-state index contributed by atoms with van der Waals surface area (Å²) in [5.74, 6) is 0.462. The minimum atomic E-state index is -1.15. The van der Waals surface area contributed by atoms with E-state index in [9.17, 15) is 9.90 Å². The number of carbonyl (C=O) groups excluding carboxylic acids is 1. The van der Waals surface area contributed by atoms with Gasteiger partial charge in [-0.25, -0.2) is 0 Å². The fraction of sp³-hybridized carbons (Fsp3) is 0.522. The van der Waals surface area contributed by atoms with Crippen molar-refractivity contribution in [2.24, 2.45) is 0 Å². The summed E-state index contributed by atoms with van der Waals surface area (Å²) in [4.78, 5) is 13.7. The van der Waals surface area contributed by atoms with Crippen LogP contribution in [0.25, 0.3) is 0 Å². The summed E-state index contributed by atoms with van der Waals surface area (Å²) < 4.78 is 30.3. The molecule has 4 aliphatic rings. The standard InChI is InChI=1S/C23H28N2O7/c1-13-11-25(23(27)24-21(13)26)17-10-16-4-3-9-29-19(17)20-18(31-16)12-30-22(32-20)14-5-7-15(28-2)8-6-14/h3-8,11,16-20,22-23,27H,9-10,12H2,1-2H3,(H,24,26)/b4-3-/t16?,17?,18?,19?,20-,22?,23?/m1/s1. The number of nitrogens with zero attached hydrogens (tertiary/aromatic N) is 1. The van der Waals surface area contributed by atoms with Gasteiger partial charge in [0.25, 0.3) is 5.91 Å². The Morgan fingerprint density at radius 2 is 1.97 bits per heavy atom. The maximum atomic E-state index is 12.0. The zero-order valence-corrected chi connectivity index (χ0v) is 18.0. The van der Waals surface area contributed by atoms with Gasteiger partial charge in [0, 0.05) is 23.8 Å². The molecule has 172 valence electrons. The number of rotatable bonds is 3.